The molecule has 0 aliphatic heterocycles. The molecule has 1 aromatic heterocycles. The van der Waals surface area contributed by atoms with Crippen molar-refractivity contribution >= 4 is 35.3 Å². The van der Waals surface area contributed by atoms with Crippen molar-refractivity contribution in [3.05, 3.63) is 59.1 Å². The molecule has 1 N–H and O–H groups in total. The lowest BCUT2D eigenvalue weighted by atomic mass is 10.2. The van der Waals surface area contributed by atoms with Crippen LogP contribution in [0.25, 0.3) is 11.5 Å². The first-order chi connectivity index (χ1) is 11.2. The third-order valence-electron chi connectivity index (χ3n) is 3.07. The summed E-state index contributed by atoms with van der Waals surface area (Å²) in [7, 11) is 0. The van der Waals surface area contributed by atoms with E-state index < -0.39 is 0 Å². The molecule has 2 aromatic carbocycles. The van der Waals surface area contributed by atoms with Crippen molar-refractivity contribution in [2.75, 3.05) is 11.6 Å². The van der Waals surface area contributed by atoms with Gasteiger partial charge in [-0.3, -0.25) is 10.1 Å². The summed E-state index contributed by atoms with van der Waals surface area (Å²) in [5.74, 6) is 0.0158. The molecule has 0 bridgehead atoms. The maximum Gasteiger partial charge on any atom is 0.322 e. The van der Waals surface area contributed by atoms with Crippen LogP contribution >= 0.6 is 23.4 Å². The fourth-order valence-corrected chi connectivity index (χ4v) is 2.50. The van der Waals surface area contributed by atoms with E-state index in [0.29, 0.717) is 16.5 Å². The first-order valence-corrected chi connectivity index (χ1v) is 8.31. The second kappa shape index (κ2) is 6.85. The van der Waals surface area contributed by atoms with Crippen LogP contribution in [0.1, 0.15) is 10.4 Å². The predicted octanol–water partition coefficient (Wildman–Crippen LogP) is 4.36. The van der Waals surface area contributed by atoms with E-state index in [9.17, 15) is 4.79 Å². The molecule has 0 saturated heterocycles. The van der Waals surface area contributed by atoms with Gasteiger partial charge in [-0.25, -0.2) is 0 Å². The fourth-order valence-electron chi connectivity index (χ4n) is 1.92. The lowest BCUT2D eigenvalue weighted by molar-refractivity contribution is 0.102. The summed E-state index contributed by atoms with van der Waals surface area (Å²) in [6, 6.07) is 14.3. The quantitative estimate of drug-likeness (QED) is 0.711. The van der Waals surface area contributed by atoms with E-state index in [4.69, 9.17) is 16.0 Å². The Morgan fingerprint density at radius 2 is 1.96 bits per heavy atom. The van der Waals surface area contributed by atoms with Crippen molar-refractivity contribution in [2.45, 2.75) is 4.90 Å². The Morgan fingerprint density at radius 1 is 1.17 bits per heavy atom. The maximum absolute atomic E-state index is 12.1. The Labute approximate surface area is 142 Å². The molecule has 0 aliphatic rings. The number of thioether (sulfide) groups is 1. The summed E-state index contributed by atoms with van der Waals surface area (Å²) in [6.07, 6.45) is 1.99. The lowest BCUT2D eigenvalue weighted by Crippen LogP contribution is -2.11. The highest BCUT2D eigenvalue weighted by molar-refractivity contribution is 7.98. The molecule has 1 amide bonds. The number of halogens is 1. The van der Waals surface area contributed by atoms with Gasteiger partial charge in [-0.15, -0.1) is 16.9 Å². The summed E-state index contributed by atoms with van der Waals surface area (Å²) in [6.45, 7) is 0. The average molecular weight is 346 g/mol. The zero-order valence-corrected chi connectivity index (χ0v) is 13.7. The van der Waals surface area contributed by atoms with Crippen LogP contribution in [0.3, 0.4) is 0 Å². The molecule has 0 aliphatic carbocycles. The first kappa shape index (κ1) is 15.6. The second-order valence-electron chi connectivity index (χ2n) is 4.61. The number of amides is 1. The van der Waals surface area contributed by atoms with E-state index >= 15 is 0 Å². The Balaban J connectivity index is 1.76. The number of anilines is 1. The maximum atomic E-state index is 12.1. The molecular weight excluding hydrogens is 334 g/mol. The number of carbonyl (C=O) groups excluding carboxylic acids is 1. The van der Waals surface area contributed by atoms with Crippen LogP contribution in [0.15, 0.2) is 57.8 Å². The van der Waals surface area contributed by atoms with Crippen molar-refractivity contribution in [3.8, 4) is 11.5 Å². The third-order valence-corrected chi connectivity index (χ3v) is 4.05. The van der Waals surface area contributed by atoms with E-state index in [-0.39, 0.29) is 11.9 Å². The van der Waals surface area contributed by atoms with Gasteiger partial charge >= 0.3 is 6.01 Å². The van der Waals surface area contributed by atoms with Crippen LogP contribution < -0.4 is 5.32 Å². The van der Waals surface area contributed by atoms with Gasteiger partial charge in [-0.05, 0) is 48.7 Å². The molecule has 0 atom stereocenters. The number of nitrogens with one attached hydrogen (secondary N) is 1. The topological polar surface area (TPSA) is 68.0 Å². The summed E-state index contributed by atoms with van der Waals surface area (Å²) in [5, 5.41) is 10.9. The van der Waals surface area contributed by atoms with E-state index in [1.807, 2.05) is 30.5 Å². The highest BCUT2D eigenvalue weighted by Crippen LogP contribution is 2.24. The summed E-state index contributed by atoms with van der Waals surface area (Å²) in [4.78, 5) is 13.2. The van der Waals surface area contributed by atoms with Gasteiger partial charge in [0.2, 0.25) is 5.89 Å². The minimum Gasteiger partial charge on any atom is -0.403 e. The smallest absolute Gasteiger partial charge is 0.322 e. The molecule has 0 saturated carbocycles. The van der Waals surface area contributed by atoms with Crippen molar-refractivity contribution in [3.63, 3.8) is 0 Å². The molecule has 1 heterocycles. The number of hydrogen-bond donors (Lipinski definition) is 1. The van der Waals surface area contributed by atoms with Crippen LogP contribution in [0.5, 0.6) is 0 Å². The number of benzene rings is 2. The predicted molar refractivity (Wildman–Crippen MR) is 90.9 cm³/mol. The van der Waals surface area contributed by atoms with Gasteiger partial charge in [-0.1, -0.05) is 22.8 Å². The van der Waals surface area contributed by atoms with Crippen molar-refractivity contribution in [2.24, 2.45) is 0 Å². The molecule has 7 heteroatoms. The second-order valence-corrected chi connectivity index (χ2v) is 5.92. The average Bonchev–Trinajstić information content (AvgIpc) is 3.04. The minimum atomic E-state index is -0.338. The SMILES string of the molecule is CSc1cccc(-c2nnc(NC(=O)c3ccc(Cl)cc3)o2)c1. The molecule has 0 radical (unpaired) electrons. The van der Waals surface area contributed by atoms with E-state index in [1.165, 1.54) is 0 Å². The largest absolute Gasteiger partial charge is 0.403 e. The van der Waals surface area contributed by atoms with Gasteiger partial charge in [0.1, 0.15) is 0 Å². The van der Waals surface area contributed by atoms with Crippen LogP contribution in [-0.4, -0.2) is 22.4 Å². The highest BCUT2D eigenvalue weighted by atomic mass is 35.5. The summed E-state index contributed by atoms with van der Waals surface area (Å²) >= 11 is 7.42. The monoisotopic (exact) mass is 345 g/mol. The minimum absolute atomic E-state index is 0.0505. The van der Waals surface area contributed by atoms with Crippen molar-refractivity contribution in [1.82, 2.24) is 10.2 Å². The fraction of sp³-hybridized carbons (Fsp3) is 0.0625. The van der Waals surface area contributed by atoms with Crippen LogP contribution in [0.4, 0.5) is 6.01 Å². The summed E-state index contributed by atoms with van der Waals surface area (Å²) < 4.78 is 5.50. The lowest BCUT2D eigenvalue weighted by Gasteiger charge is -2.00. The third kappa shape index (κ3) is 3.72. The Hall–Kier alpha value is -2.31. The zero-order chi connectivity index (χ0) is 16.2. The molecule has 23 heavy (non-hydrogen) atoms. The Kier molecular flexibility index (Phi) is 4.64. The number of carbonyl (C=O) groups is 1. The van der Waals surface area contributed by atoms with Gasteiger partial charge in [0, 0.05) is 21.0 Å². The molecule has 5 nitrogen and oxygen atoms in total. The molecule has 0 spiro atoms. The normalized spacial score (nSPS) is 10.5. The standard InChI is InChI=1S/C16H12ClN3O2S/c1-23-13-4-2-3-11(9-13)15-19-20-16(22-15)18-14(21)10-5-7-12(17)8-6-10/h2-9H,1H3,(H,18,20,21). The van der Waals surface area contributed by atoms with Gasteiger partial charge in [0.25, 0.3) is 5.91 Å². The zero-order valence-electron chi connectivity index (χ0n) is 12.1. The van der Waals surface area contributed by atoms with Crippen molar-refractivity contribution in [1.29, 1.82) is 0 Å². The molecule has 0 unspecified atom stereocenters. The number of hydrogen-bond acceptors (Lipinski definition) is 5. The van der Waals surface area contributed by atoms with Gasteiger partial charge in [-0.2, -0.15) is 0 Å². The number of aromatic nitrogens is 2. The molecule has 3 rings (SSSR count). The van der Waals surface area contributed by atoms with E-state index in [2.05, 4.69) is 15.5 Å². The van der Waals surface area contributed by atoms with Gasteiger partial charge in [0.15, 0.2) is 0 Å². The Bertz CT molecular complexity index is 833. The van der Waals surface area contributed by atoms with E-state index in [0.717, 1.165) is 10.5 Å². The molecule has 0 fully saturated rings. The molecule has 3 aromatic rings. The summed E-state index contributed by atoms with van der Waals surface area (Å²) in [5.41, 5.74) is 1.26. The van der Waals surface area contributed by atoms with E-state index in [1.54, 1.807) is 36.0 Å². The number of rotatable bonds is 4. The van der Waals surface area contributed by atoms with Crippen LogP contribution in [-0.2, 0) is 0 Å². The highest BCUT2D eigenvalue weighted by Gasteiger charge is 2.13. The van der Waals surface area contributed by atoms with Crippen molar-refractivity contribution < 1.29 is 9.21 Å². The Morgan fingerprint density at radius 3 is 2.70 bits per heavy atom. The van der Waals surface area contributed by atoms with Gasteiger partial charge in [0.05, 0.1) is 0 Å². The van der Waals surface area contributed by atoms with Crippen LogP contribution in [0.2, 0.25) is 5.02 Å². The molecule has 116 valence electrons. The number of nitrogens with zero attached hydrogens (tertiary/aromatic N) is 2. The molecular formula is C16H12ClN3O2S. The van der Waals surface area contributed by atoms with Gasteiger partial charge < -0.3 is 4.42 Å². The first-order valence-electron chi connectivity index (χ1n) is 6.70. The van der Waals surface area contributed by atoms with Crippen LogP contribution in [0, 0.1) is 0 Å².